The van der Waals surface area contributed by atoms with Crippen molar-refractivity contribution in [3.63, 3.8) is 0 Å². The molecule has 98 valence electrons. The predicted molar refractivity (Wildman–Crippen MR) is 67.5 cm³/mol. The van der Waals surface area contributed by atoms with Crippen LogP contribution in [0.5, 0.6) is 0 Å². The topological polar surface area (TPSA) is 85.0 Å². The maximum Gasteiger partial charge on any atom is 0.369 e. The van der Waals surface area contributed by atoms with Crippen molar-refractivity contribution < 1.29 is 14.6 Å². The van der Waals surface area contributed by atoms with E-state index in [2.05, 4.69) is 9.99 Å². The highest BCUT2D eigenvalue weighted by molar-refractivity contribution is 6.28. The molecule has 7 nitrogen and oxygen atoms in total. The average Bonchev–Trinajstić information content (AvgIpc) is 2.71. The highest BCUT2D eigenvalue weighted by Gasteiger charge is 2.27. The zero-order chi connectivity index (χ0) is 14.0. The number of non-ortho nitro benzene ring substituents is 1. The number of rotatable bonds is 3. The summed E-state index contributed by atoms with van der Waals surface area (Å²) < 4.78 is 0. The first-order valence-electron chi connectivity index (χ1n) is 5.42. The molecule has 0 unspecified atom stereocenters. The Kier molecular flexibility index (Phi) is 3.28. The SMILES string of the molecule is CN(C)/C=C1\C(=O)ON=C1c1ccc([N+](=O)[O-])cc1. The summed E-state index contributed by atoms with van der Waals surface area (Å²) in [7, 11) is 3.54. The van der Waals surface area contributed by atoms with E-state index in [4.69, 9.17) is 0 Å². The molecule has 2 rings (SSSR count). The van der Waals surface area contributed by atoms with E-state index in [1.807, 2.05) is 0 Å². The lowest BCUT2D eigenvalue weighted by Gasteiger charge is -2.06. The summed E-state index contributed by atoms with van der Waals surface area (Å²) in [6.07, 6.45) is 1.59. The fourth-order valence-electron chi connectivity index (χ4n) is 1.60. The van der Waals surface area contributed by atoms with Gasteiger partial charge in [-0.3, -0.25) is 10.1 Å². The summed E-state index contributed by atoms with van der Waals surface area (Å²) >= 11 is 0. The van der Waals surface area contributed by atoms with E-state index in [0.717, 1.165) is 0 Å². The number of carbonyl (C=O) groups is 1. The maximum absolute atomic E-state index is 11.5. The number of carbonyl (C=O) groups excluding carboxylic acids is 1. The highest BCUT2D eigenvalue weighted by atomic mass is 16.7. The molecule has 0 bridgehead atoms. The van der Waals surface area contributed by atoms with Crippen molar-refractivity contribution in [3.8, 4) is 0 Å². The number of hydrogen-bond donors (Lipinski definition) is 0. The fourth-order valence-corrected chi connectivity index (χ4v) is 1.60. The standard InChI is InChI=1S/C12H11N3O4/c1-14(2)7-10-11(13-19-12(10)16)8-3-5-9(6-4-8)15(17)18/h3-7H,1-2H3/b10-7-. The van der Waals surface area contributed by atoms with Gasteiger partial charge in [-0.2, -0.15) is 0 Å². The molecule has 0 fully saturated rings. The monoisotopic (exact) mass is 261 g/mol. The van der Waals surface area contributed by atoms with Gasteiger partial charge in [0, 0.05) is 38.0 Å². The quantitative estimate of drug-likeness (QED) is 0.354. The third-order valence-electron chi connectivity index (χ3n) is 2.43. The summed E-state index contributed by atoms with van der Waals surface area (Å²) in [6, 6.07) is 5.77. The summed E-state index contributed by atoms with van der Waals surface area (Å²) in [6.45, 7) is 0. The lowest BCUT2D eigenvalue weighted by molar-refractivity contribution is -0.384. The summed E-state index contributed by atoms with van der Waals surface area (Å²) in [5.74, 6) is -0.540. The molecule has 19 heavy (non-hydrogen) atoms. The molecule has 1 heterocycles. The largest absolute Gasteiger partial charge is 0.383 e. The van der Waals surface area contributed by atoms with E-state index in [1.165, 1.54) is 24.3 Å². The molecule has 7 heteroatoms. The first-order valence-corrected chi connectivity index (χ1v) is 5.42. The van der Waals surface area contributed by atoms with Crippen LogP contribution in [0.25, 0.3) is 0 Å². The van der Waals surface area contributed by atoms with Gasteiger partial charge in [-0.15, -0.1) is 0 Å². The molecule has 0 spiro atoms. The minimum Gasteiger partial charge on any atom is -0.383 e. The van der Waals surface area contributed by atoms with Gasteiger partial charge in [0.2, 0.25) is 0 Å². The molecule has 0 saturated carbocycles. The van der Waals surface area contributed by atoms with Crippen LogP contribution in [0.1, 0.15) is 5.56 Å². The molecule has 0 aromatic heterocycles. The van der Waals surface area contributed by atoms with E-state index in [1.54, 1.807) is 25.2 Å². The number of nitro groups is 1. The maximum atomic E-state index is 11.5. The van der Waals surface area contributed by atoms with E-state index in [0.29, 0.717) is 16.8 Å². The molecule has 1 aliphatic heterocycles. The number of oxime groups is 1. The number of benzene rings is 1. The molecule has 1 aliphatic rings. The van der Waals surface area contributed by atoms with Crippen LogP contribution in [0.3, 0.4) is 0 Å². The molecule has 0 radical (unpaired) electrons. The van der Waals surface area contributed by atoms with Crippen molar-refractivity contribution in [3.05, 3.63) is 51.7 Å². The number of hydrogen-bond acceptors (Lipinski definition) is 6. The fraction of sp³-hybridized carbons (Fsp3) is 0.167. The van der Waals surface area contributed by atoms with Crippen LogP contribution in [0.15, 0.2) is 41.2 Å². The van der Waals surface area contributed by atoms with Gasteiger partial charge in [0.1, 0.15) is 11.3 Å². The Bertz CT molecular complexity index is 587. The van der Waals surface area contributed by atoms with Gasteiger partial charge < -0.3 is 9.74 Å². The molecule has 0 saturated heterocycles. The average molecular weight is 261 g/mol. The van der Waals surface area contributed by atoms with Gasteiger partial charge >= 0.3 is 5.97 Å². The molecule has 0 aliphatic carbocycles. The Hall–Kier alpha value is -2.70. The Morgan fingerprint density at radius 3 is 2.47 bits per heavy atom. The van der Waals surface area contributed by atoms with Crippen molar-refractivity contribution in [2.45, 2.75) is 0 Å². The second kappa shape index (κ2) is 4.89. The van der Waals surface area contributed by atoms with Gasteiger partial charge in [-0.05, 0) is 12.1 Å². The van der Waals surface area contributed by atoms with Gasteiger partial charge in [0.05, 0.1) is 4.92 Å². The first-order chi connectivity index (χ1) is 8.99. The Morgan fingerprint density at radius 1 is 1.32 bits per heavy atom. The summed E-state index contributed by atoms with van der Waals surface area (Å²) in [5.41, 5.74) is 1.25. The number of nitro benzene ring substituents is 1. The van der Waals surface area contributed by atoms with Crippen LogP contribution in [-0.4, -0.2) is 35.6 Å². The van der Waals surface area contributed by atoms with Crippen LogP contribution in [0.2, 0.25) is 0 Å². The van der Waals surface area contributed by atoms with Gasteiger partial charge in [-0.1, -0.05) is 5.16 Å². The van der Waals surface area contributed by atoms with Gasteiger partial charge in [0.25, 0.3) is 5.69 Å². The van der Waals surface area contributed by atoms with Crippen molar-refractivity contribution in [1.82, 2.24) is 4.90 Å². The molecule has 1 aromatic carbocycles. The molecule has 0 N–H and O–H groups in total. The normalized spacial score (nSPS) is 16.2. The van der Waals surface area contributed by atoms with Gasteiger partial charge in [-0.25, -0.2) is 4.79 Å². The second-order valence-electron chi connectivity index (χ2n) is 4.13. The molecular weight excluding hydrogens is 250 g/mol. The lowest BCUT2D eigenvalue weighted by atomic mass is 10.0. The van der Waals surface area contributed by atoms with Crippen molar-refractivity contribution >= 4 is 17.4 Å². The minimum absolute atomic E-state index is 0.0206. The van der Waals surface area contributed by atoms with Gasteiger partial charge in [0.15, 0.2) is 0 Å². The predicted octanol–water partition coefficient (Wildman–Crippen LogP) is 1.30. The lowest BCUT2D eigenvalue weighted by Crippen LogP contribution is -2.12. The van der Waals surface area contributed by atoms with Crippen LogP contribution >= 0.6 is 0 Å². The molecule has 0 atom stereocenters. The molecular formula is C12H11N3O4. The van der Waals surface area contributed by atoms with Crippen molar-refractivity contribution in [2.75, 3.05) is 14.1 Å². The third kappa shape index (κ3) is 2.59. The zero-order valence-corrected chi connectivity index (χ0v) is 10.4. The van der Waals surface area contributed by atoms with E-state index in [9.17, 15) is 14.9 Å². The van der Waals surface area contributed by atoms with E-state index < -0.39 is 10.9 Å². The highest BCUT2D eigenvalue weighted by Crippen LogP contribution is 2.20. The van der Waals surface area contributed by atoms with Crippen LogP contribution in [-0.2, 0) is 9.63 Å². The van der Waals surface area contributed by atoms with E-state index in [-0.39, 0.29) is 5.69 Å². The zero-order valence-electron chi connectivity index (χ0n) is 10.4. The van der Waals surface area contributed by atoms with Crippen LogP contribution < -0.4 is 0 Å². The van der Waals surface area contributed by atoms with Crippen LogP contribution in [0, 0.1) is 10.1 Å². The summed E-state index contributed by atoms with van der Waals surface area (Å²) in [5, 5.41) is 14.3. The van der Waals surface area contributed by atoms with Crippen molar-refractivity contribution in [2.24, 2.45) is 5.16 Å². The first kappa shape index (κ1) is 12.7. The smallest absolute Gasteiger partial charge is 0.369 e. The molecule has 0 amide bonds. The Morgan fingerprint density at radius 2 is 1.95 bits per heavy atom. The number of nitrogens with zero attached hydrogens (tertiary/aromatic N) is 3. The molecule has 1 aromatic rings. The third-order valence-corrected chi connectivity index (χ3v) is 2.43. The summed E-state index contributed by atoms with van der Waals surface area (Å²) in [4.78, 5) is 27.9. The van der Waals surface area contributed by atoms with Crippen molar-refractivity contribution in [1.29, 1.82) is 0 Å². The Labute approximate surface area is 108 Å². The Balaban J connectivity index is 2.36. The second-order valence-corrected chi connectivity index (χ2v) is 4.13. The van der Waals surface area contributed by atoms with E-state index >= 15 is 0 Å². The van der Waals surface area contributed by atoms with Crippen LogP contribution in [0.4, 0.5) is 5.69 Å². The minimum atomic E-state index is -0.540.